The third kappa shape index (κ3) is 3.54. The summed E-state index contributed by atoms with van der Waals surface area (Å²) >= 11 is 3.37. The zero-order valence-corrected chi connectivity index (χ0v) is 13.3. The molecule has 0 aliphatic heterocycles. The van der Waals surface area contributed by atoms with Crippen LogP contribution in [0.2, 0.25) is 0 Å². The number of hydrogen-bond acceptors (Lipinski definition) is 3. The summed E-state index contributed by atoms with van der Waals surface area (Å²) in [6, 6.07) is 6.47. The van der Waals surface area contributed by atoms with Gasteiger partial charge in [-0.15, -0.1) is 0 Å². The Kier molecular flexibility index (Phi) is 4.70. The summed E-state index contributed by atoms with van der Waals surface area (Å²) in [6.07, 6.45) is 0.878. The highest BCUT2D eigenvalue weighted by Gasteiger charge is 2.11. The van der Waals surface area contributed by atoms with Crippen molar-refractivity contribution in [3.8, 4) is 11.4 Å². The van der Waals surface area contributed by atoms with E-state index in [1.54, 1.807) is 6.07 Å². The lowest BCUT2D eigenvalue weighted by Crippen LogP contribution is -2.04. The van der Waals surface area contributed by atoms with Gasteiger partial charge in [0.05, 0.1) is 0 Å². The number of hydrogen-bond donors (Lipinski definition) is 1. The van der Waals surface area contributed by atoms with Gasteiger partial charge in [-0.3, -0.25) is 0 Å². The third-order valence-electron chi connectivity index (χ3n) is 2.82. The van der Waals surface area contributed by atoms with Gasteiger partial charge in [-0.05, 0) is 46.5 Å². The number of rotatable bonds is 4. The van der Waals surface area contributed by atoms with Crippen molar-refractivity contribution in [3.05, 3.63) is 40.2 Å². The van der Waals surface area contributed by atoms with Gasteiger partial charge in [-0.1, -0.05) is 13.8 Å². The quantitative estimate of drug-likeness (QED) is 0.904. The minimum atomic E-state index is -0.284. The second kappa shape index (κ2) is 6.31. The van der Waals surface area contributed by atoms with Gasteiger partial charge < -0.3 is 5.32 Å². The fourth-order valence-electron chi connectivity index (χ4n) is 1.94. The zero-order chi connectivity index (χ0) is 14.7. The lowest BCUT2D eigenvalue weighted by Gasteiger charge is -2.10. The van der Waals surface area contributed by atoms with Crippen LogP contribution >= 0.6 is 15.9 Å². The van der Waals surface area contributed by atoms with Gasteiger partial charge in [0.1, 0.15) is 11.6 Å². The Bertz CT molecular complexity index is 614. The number of nitrogens with one attached hydrogen (secondary N) is 1. The summed E-state index contributed by atoms with van der Waals surface area (Å²) in [6.45, 7) is 4.29. The Morgan fingerprint density at radius 1 is 1.25 bits per heavy atom. The van der Waals surface area contributed by atoms with E-state index in [1.165, 1.54) is 12.1 Å². The fraction of sp³-hybridized carbons (Fsp3) is 0.333. The van der Waals surface area contributed by atoms with Crippen molar-refractivity contribution in [2.75, 3.05) is 12.4 Å². The first-order chi connectivity index (χ1) is 9.49. The van der Waals surface area contributed by atoms with Crippen LogP contribution in [0.1, 0.15) is 19.5 Å². The molecule has 0 fully saturated rings. The van der Waals surface area contributed by atoms with E-state index in [4.69, 9.17) is 0 Å². The number of benzene rings is 1. The molecule has 0 aliphatic carbocycles. The average molecular weight is 338 g/mol. The lowest BCUT2D eigenvalue weighted by atomic mass is 10.1. The molecule has 0 amide bonds. The molecule has 0 aliphatic rings. The van der Waals surface area contributed by atoms with Crippen molar-refractivity contribution < 1.29 is 4.39 Å². The van der Waals surface area contributed by atoms with Crippen LogP contribution in [0.4, 0.5) is 10.2 Å². The van der Waals surface area contributed by atoms with Crippen LogP contribution in [0.25, 0.3) is 11.4 Å². The smallest absolute Gasteiger partial charge is 0.162 e. The molecule has 0 unspecified atom stereocenters. The number of aromatic nitrogens is 2. The van der Waals surface area contributed by atoms with Gasteiger partial charge in [0.25, 0.3) is 0 Å². The third-order valence-corrected chi connectivity index (χ3v) is 3.48. The van der Waals surface area contributed by atoms with Crippen molar-refractivity contribution in [3.63, 3.8) is 0 Å². The van der Waals surface area contributed by atoms with E-state index in [0.29, 0.717) is 16.2 Å². The molecule has 1 heterocycles. The molecule has 2 rings (SSSR count). The van der Waals surface area contributed by atoms with Crippen LogP contribution in [-0.2, 0) is 6.42 Å². The molecule has 5 heteroatoms. The van der Waals surface area contributed by atoms with Crippen LogP contribution < -0.4 is 5.32 Å². The molecular formula is C15H17BrFN3. The molecule has 2 aromatic rings. The summed E-state index contributed by atoms with van der Waals surface area (Å²) in [5.41, 5.74) is 1.76. The first kappa shape index (κ1) is 14.9. The number of nitrogens with zero attached hydrogens (tertiary/aromatic N) is 2. The standard InChI is InChI=1S/C15H17BrFN3/c1-9(2)6-11-8-14(18-3)20-15(19-11)12-5-4-10(17)7-13(12)16/h4-5,7-9H,6H2,1-3H3,(H,18,19,20). The highest BCUT2D eigenvalue weighted by atomic mass is 79.9. The maximum Gasteiger partial charge on any atom is 0.162 e. The molecule has 1 aromatic heterocycles. The van der Waals surface area contributed by atoms with Gasteiger partial charge in [0.2, 0.25) is 0 Å². The minimum Gasteiger partial charge on any atom is -0.373 e. The Balaban J connectivity index is 2.49. The van der Waals surface area contributed by atoms with Gasteiger partial charge >= 0.3 is 0 Å². The van der Waals surface area contributed by atoms with Crippen molar-refractivity contribution in [1.82, 2.24) is 9.97 Å². The average Bonchev–Trinajstić information content (AvgIpc) is 2.37. The highest BCUT2D eigenvalue weighted by Crippen LogP contribution is 2.27. The van der Waals surface area contributed by atoms with Crippen molar-refractivity contribution in [2.45, 2.75) is 20.3 Å². The van der Waals surface area contributed by atoms with Crippen LogP contribution in [0.3, 0.4) is 0 Å². The molecule has 0 radical (unpaired) electrons. The van der Waals surface area contributed by atoms with Crippen molar-refractivity contribution >= 4 is 21.7 Å². The second-order valence-corrected chi connectivity index (χ2v) is 5.89. The Hall–Kier alpha value is -1.49. The van der Waals surface area contributed by atoms with Gasteiger partial charge in [0, 0.05) is 28.8 Å². The van der Waals surface area contributed by atoms with Gasteiger partial charge in [-0.2, -0.15) is 0 Å². The second-order valence-electron chi connectivity index (χ2n) is 5.04. The predicted molar refractivity (Wildman–Crippen MR) is 83.2 cm³/mol. The van der Waals surface area contributed by atoms with Crippen LogP contribution in [-0.4, -0.2) is 17.0 Å². The summed E-state index contributed by atoms with van der Waals surface area (Å²) < 4.78 is 13.8. The Labute approximate surface area is 126 Å². The predicted octanol–water partition coefficient (Wildman–Crippen LogP) is 4.29. The topological polar surface area (TPSA) is 37.8 Å². The van der Waals surface area contributed by atoms with E-state index >= 15 is 0 Å². The maximum absolute atomic E-state index is 13.2. The molecule has 3 nitrogen and oxygen atoms in total. The van der Waals surface area contributed by atoms with Gasteiger partial charge in [0.15, 0.2) is 5.82 Å². The van der Waals surface area contributed by atoms with Crippen LogP contribution in [0.15, 0.2) is 28.7 Å². The summed E-state index contributed by atoms with van der Waals surface area (Å²) in [5, 5.41) is 3.04. The fourth-order valence-corrected chi connectivity index (χ4v) is 2.47. The molecule has 0 atom stereocenters. The van der Waals surface area contributed by atoms with Crippen molar-refractivity contribution in [1.29, 1.82) is 0 Å². The number of anilines is 1. The van der Waals surface area contributed by atoms with Crippen molar-refractivity contribution in [2.24, 2.45) is 5.92 Å². The normalized spacial score (nSPS) is 10.9. The zero-order valence-electron chi connectivity index (χ0n) is 11.7. The van der Waals surface area contributed by atoms with E-state index in [0.717, 1.165) is 23.5 Å². The Morgan fingerprint density at radius 3 is 2.60 bits per heavy atom. The molecule has 0 spiro atoms. The molecule has 1 N–H and O–H groups in total. The van der Waals surface area contributed by atoms with E-state index in [2.05, 4.69) is 45.1 Å². The molecule has 0 bridgehead atoms. The largest absolute Gasteiger partial charge is 0.373 e. The molecule has 0 saturated heterocycles. The Morgan fingerprint density at radius 2 is 2.00 bits per heavy atom. The monoisotopic (exact) mass is 337 g/mol. The van der Waals surface area contributed by atoms with Crippen LogP contribution in [0, 0.1) is 11.7 Å². The molecular weight excluding hydrogens is 321 g/mol. The lowest BCUT2D eigenvalue weighted by molar-refractivity contribution is 0.627. The highest BCUT2D eigenvalue weighted by molar-refractivity contribution is 9.10. The molecule has 1 aromatic carbocycles. The molecule has 0 saturated carbocycles. The SMILES string of the molecule is CNc1cc(CC(C)C)nc(-c2ccc(F)cc2Br)n1. The van der Waals surface area contributed by atoms with E-state index < -0.39 is 0 Å². The van der Waals surface area contributed by atoms with Crippen LogP contribution in [0.5, 0.6) is 0 Å². The summed E-state index contributed by atoms with van der Waals surface area (Å²) in [5.74, 6) is 1.59. The maximum atomic E-state index is 13.2. The van der Waals surface area contributed by atoms with Gasteiger partial charge in [-0.25, -0.2) is 14.4 Å². The summed E-state index contributed by atoms with van der Waals surface area (Å²) in [7, 11) is 1.82. The first-order valence-corrected chi connectivity index (χ1v) is 7.30. The van der Waals surface area contributed by atoms with E-state index in [1.807, 2.05) is 13.1 Å². The van der Waals surface area contributed by atoms with E-state index in [9.17, 15) is 4.39 Å². The first-order valence-electron chi connectivity index (χ1n) is 6.50. The molecule has 20 heavy (non-hydrogen) atoms. The van der Waals surface area contributed by atoms with E-state index in [-0.39, 0.29) is 5.82 Å². The number of halogens is 2. The summed E-state index contributed by atoms with van der Waals surface area (Å²) in [4.78, 5) is 9.02. The molecule has 106 valence electrons. The minimum absolute atomic E-state index is 0.284.